The molecule has 0 fully saturated rings. The second-order valence-corrected chi connectivity index (χ2v) is 8.19. The zero-order valence-corrected chi connectivity index (χ0v) is 16.4. The molecule has 1 aliphatic rings. The van der Waals surface area contributed by atoms with Gasteiger partial charge >= 0.3 is 0 Å². The first-order valence-corrected chi connectivity index (χ1v) is 10.1. The van der Waals surface area contributed by atoms with Gasteiger partial charge in [-0.2, -0.15) is 0 Å². The van der Waals surface area contributed by atoms with Gasteiger partial charge in [-0.3, -0.25) is 9.59 Å². The molecule has 0 saturated carbocycles. The van der Waals surface area contributed by atoms with Crippen molar-refractivity contribution in [1.29, 1.82) is 0 Å². The Bertz CT molecular complexity index is 1290. The molecular formula is C24H17NO3S. The maximum absolute atomic E-state index is 13.6. The van der Waals surface area contributed by atoms with Crippen molar-refractivity contribution in [3.8, 4) is 16.9 Å². The first-order valence-electron chi connectivity index (χ1n) is 9.26. The van der Waals surface area contributed by atoms with Gasteiger partial charge in [0.1, 0.15) is 16.2 Å². The fourth-order valence-electron chi connectivity index (χ4n) is 3.96. The fourth-order valence-corrected chi connectivity index (χ4v) is 4.91. The summed E-state index contributed by atoms with van der Waals surface area (Å²) in [6.45, 7) is 1.66. The van der Waals surface area contributed by atoms with Crippen LogP contribution in [-0.4, -0.2) is 16.8 Å². The number of nitrogens with one attached hydrogen (secondary N) is 1. The Hall–Kier alpha value is -3.44. The highest BCUT2D eigenvalue weighted by atomic mass is 32.1. The molecular weight excluding hydrogens is 382 g/mol. The summed E-state index contributed by atoms with van der Waals surface area (Å²) in [5, 5.41) is 17.8. The third-order valence-electron chi connectivity index (χ3n) is 5.70. The molecule has 142 valence electrons. The van der Waals surface area contributed by atoms with Gasteiger partial charge in [-0.1, -0.05) is 60.7 Å². The molecule has 0 radical (unpaired) electrons. The Balaban J connectivity index is 1.72. The molecule has 3 aromatic carbocycles. The van der Waals surface area contributed by atoms with E-state index in [4.69, 9.17) is 0 Å². The normalized spacial score (nSPS) is 18.5. The number of thiophene rings is 1. The van der Waals surface area contributed by atoms with E-state index in [2.05, 4.69) is 5.32 Å². The summed E-state index contributed by atoms with van der Waals surface area (Å²) in [4.78, 5) is 26.5. The summed E-state index contributed by atoms with van der Waals surface area (Å²) in [7, 11) is 0. The number of hydrogen-bond acceptors (Lipinski definition) is 4. The number of Topliss-reactive ketones (excluding diaryl/α,β-unsaturated/α-hetero) is 1. The van der Waals surface area contributed by atoms with E-state index in [9.17, 15) is 14.7 Å². The molecule has 2 N–H and O–H groups in total. The highest BCUT2D eigenvalue weighted by Crippen LogP contribution is 2.47. The van der Waals surface area contributed by atoms with Crippen LogP contribution in [0.2, 0.25) is 0 Å². The van der Waals surface area contributed by atoms with E-state index in [0.717, 1.165) is 10.8 Å². The number of rotatable bonds is 2. The lowest BCUT2D eigenvalue weighted by Gasteiger charge is -2.31. The summed E-state index contributed by atoms with van der Waals surface area (Å²) in [5.41, 5.74) is 0.998. The third kappa shape index (κ3) is 2.44. The topological polar surface area (TPSA) is 66.4 Å². The van der Waals surface area contributed by atoms with E-state index in [-0.39, 0.29) is 17.4 Å². The van der Waals surface area contributed by atoms with E-state index in [1.807, 2.05) is 60.0 Å². The predicted molar refractivity (Wildman–Crippen MR) is 116 cm³/mol. The number of phenols is 1. The molecule has 0 spiro atoms. The number of aromatic hydroxyl groups is 1. The van der Waals surface area contributed by atoms with Gasteiger partial charge < -0.3 is 10.4 Å². The van der Waals surface area contributed by atoms with Gasteiger partial charge in [-0.25, -0.2) is 0 Å². The molecule has 0 saturated heterocycles. The van der Waals surface area contributed by atoms with E-state index < -0.39 is 5.41 Å². The number of carbonyl (C=O) groups excluding carboxylic acids is 2. The van der Waals surface area contributed by atoms with Gasteiger partial charge in [0, 0.05) is 21.9 Å². The van der Waals surface area contributed by atoms with E-state index in [0.29, 0.717) is 27.3 Å². The summed E-state index contributed by atoms with van der Waals surface area (Å²) in [5.74, 6) is -0.460. The van der Waals surface area contributed by atoms with Crippen LogP contribution in [0.3, 0.4) is 0 Å². The monoisotopic (exact) mass is 399 g/mol. The summed E-state index contributed by atoms with van der Waals surface area (Å²) < 4.78 is 0. The number of anilines is 1. The second kappa shape index (κ2) is 6.29. The molecule has 5 rings (SSSR count). The van der Waals surface area contributed by atoms with Crippen LogP contribution in [0.1, 0.15) is 22.8 Å². The van der Waals surface area contributed by atoms with Crippen molar-refractivity contribution in [2.45, 2.75) is 12.3 Å². The molecule has 1 aromatic heterocycles. The zero-order valence-electron chi connectivity index (χ0n) is 15.6. The second-order valence-electron chi connectivity index (χ2n) is 7.31. The number of benzene rings is 3. The largest absolute Gasteiger partial charge is 0.507 e. The number of phenolic OH excluding ortho intramolecular Hbond substituents is 1. The molecule has 1 amide bonds. The summed E-state index contributed by atoms with van der Waals surface area (Å²) in [6, 6.07) is 20.4. The first-order chi connectivity index (χ1) is 14.0. The molecule has 4 nitrogen and oxygen atoms in total. The minimum absolute atomic E-state index is 0.134. The van der Waals surface area contributed by atoms with Gasteiger partial charge in [0.05, 0.1) is 5.56 Å². The highest BCUT2D eigenvalue weighted by molar-refractivity contribution is 7.15. The Labute approximate surface area is 171 Å². The zero-order chi connectivity index (χ0) is 20.2. The van der Waals surface area contributed by atoms with Crippen molar-refractivity contribution in [2.24, 2.45) is 0 Å². The fraction of sp³-hybridized carbons (Fsp3) is 0.0833. The molecule has 29 heavy (non-hydrogen) atoms. The highest BCUT2D eigenvalue weighted by Gasteiger charge is 2.49. The smallest absolute Gasteiger partial charge is 0.243 e. The SMILES string of the molecule is CC1(c2ccccc2)C(=O)Nc2scc(-c3ccc4ccccc4c3O)c2C1=O. The predicted octanol–water partition coefficient (Wildman–Crippen LogP) is 5.37. The lowest BCUT2D eigenvalue weighted by atomic mass is 9.73. The minimum Gasteiger partial charge on any atom is -0.507 e. The maximum atomic E-state index is 13.6. The lowest BCUT2D eigenvalue weighted by molar-refractivity contribution is -0.119. The Morgan fingerprint density at radius 1 is 0.897 bits per heavy atom. The van der Waals surface area contributed by atoms with Crippen LogP contribution in [0.15, 0.2) is 72.1 Å². The number of amides is 1. The van der Waals surface area contributed by atoms with Crippen LogP contribution in [0, 0.1) is 0 Å². The van der Waals surface area contributed by atoms with Crippen LogP contribution in [0.4, 0.5) is 5.00 Å². The van der Waals surface area contributed by atoms with Crippen molar-refractivity contribution in [3.05, 3.63) is 83.2 Å². The van der Waals surface area contributed by atoms with E-state index in [1.54, 1.807) is 19.1 Å². The Morgan fingerprint density at radius 2 is 1.62 bits per heavy atom. The molecule has 1 atom stereocenters. The number of carbonyl (C=O) groups is 2. The maximum Gasteiger partial charge on any atom is 0.243 e. The summed E-state index contributed by atoms with van der Waals surface area (Å²) in [6.07, 6.45) is 0. The average Bonchev–Trinajstić information content (AvgIpc) is 3.16. The third-order valence-corrected chi connectivity index (χ3v) is 6.59. The number of hydrogen-bond donors (Lipinski definition) is 2. The van der Waals surface area contributed by atoms with Crippen LogP contribution in [0.5, 0.6) is 5.75 Å². The van der Waals surface area contributed by atoms with Crippen molar-refractivity contribution in [1.82, 2.24) is 0 Å². The van der Waals surface area contributed by atoms with Crippen LogP contribution in [-0.2, 0) is 10.2 Å². The standard InChI is InChI=1S/C24H17NO3S/c1-24(15-8-3-2-4-9-15)21(27)19-18(13-29-22(19)25-23(24)28)17-12-11-14-7-5-6-10-16(14)20(17)26/h2-13,26H,1H3,(H,25,28). The molecule has 1 unspecified atom stereocenters. The number of ketones is 1. The quantitative estimate of drug-likeness (QED) is 0.446. The van der Waals surface area contributed by atoms with Crippen molar-refractivity contribution < 1.29 is 14.7 Å². The lowest BCUT2D eigenvalue weighted by Crippen LogP contribution is -2.48. The van der Waals surface area contributed by atoms with Crippen LogP contribution < -0.4 is 5.32 Å². The van der Waals surface area contributed by atoms with Gasteiger partial charge in [0.15, 0.2) is 5.78 Å². The van der Waals surface area contributed by atoms with Crippen molar-refractivity contribution >= 4 is 38.8 Å². The van der Waals surface area contributed by atoms with Crippen molar-refractivity contribution in [3.63, 3.8) is 0 Å². The van der Waals surface area contributed by atoms with Crippen LogP contribution >= 0.6 is 11.3 Å². The van der Waals surface area contributed by atoms with Crippen LogP contribution in [0.25, 0.3) is 21.9 Å². The summed E-state index contributed by atoms with van der Waals surface area (Å²) >= 11 is 1.30. The molecule has 1 aliphatic heterocycles. The molecule has 0 bridgehead atoms. The van der Waals surface area contributed by atoms with Gasteiger partial charge in [0.2, 0.25) is 5.91 Å². The average molecular weight is 399 g/mol. The van der Waals surface area contributed by atoms with Crippen molar-refractivity contribution in [2.75, 3.05) is 5.32 Å². The number of fused-ring (bicyclic) bond motifs is 2. The van der Waals surface area contributed by atoms with E-state index >= 15 is 0 Å². The van der Waals surface area contributed by atoms with Gasteiger partial charge in [-0.15, -0.1) is 11.3 Å². The molecule has 0 aliphatic carbocycles. The van der Waals surface area contributed by atoms with Gasteiger partial charge in [-0.05, 0) is 23.9 Å². The van der Waals surface area contributed by atoms with E-state index in [1.165, 1.54) is 11.3 Å². The Morgan fingerprint density at radius 3 is 2.41 bits per heavy atom. The van der Waals surface area contributed by atoms with Gasteiger partial charge in [0.25, 0.3) is 0 Å². The Kier molecular flexibility index (Phi) is 3.83. The molecule has 5 heteroatoms. The molecule has 2 heterocycles. The minimum atomic E-state index is -1.32. The molecule has 4 aromatic rings. The first kappa shape index (κ1) is 17.6.